The van der Waals surface area contributed by atoms with Crippen molar-refractivity contribution in [3.05, 3.63) is 70.3 Å². The number of ether oxygens (including phenoxy) is 1. The maximum absolute atomic E-state index is 12.5. The number of methoxy groups -OCH3 is 1. The summed E-state index contributed by atoms with van der Waals surface area (Å²) >= 11 is 5.87. The lowest BCUT2D eigenvalue weighted by Crippen LogP contribution is -2.24. The average Bonchev–Trinajstić information content (AvgIpc) is 2.85. The van der Waals surface area contributed by atoms with Crippen molar-refractivity contribution >= 4 is 32.4 Å². The molecule has 26 heavy (non-hydrogen) atoms. The average molecular weight is 391 g/mol. The van der Waals surface area contributed by atoms with Gasteiger partial charge in [0, 0.05) is 17.1 Å². The molecule has 0 atom stereocenters. The summed E-state index contributed by atoms with van der Waals surface area (Å²) in [5.74, 6) is 1.07. The van der Waals surface area contributed by atoms with E-state index in [4.69, 9.17) is 16.3 Å². The molecular formula is C19H19ClN2O3S. The lowest BCUT2D eigenvalue weighted by atomic mass is 10.1. The lowest BCUT2D eigenvalue weighted by molar-refractivity contribution is 0.415. The Morgan fingerprint density at radius 2 is 1.73 bits per heavy atom. The maximum Gasteiger partial charge on any atom is 0.264 e. The second kappa shape index (κ2) is 7.51. The van der Waals surface area contributed by atoms with Gasteiger partial charge in [0.05, 0.1) is 7.11 Å². The summed E-state index contributed by atoms with van der Waals surface area (Å²) < 4.78 is 32.7. The Hall–Kier alpha value is -2.31. The monoisotopic (exact) mass is 390 g/mol. The SMILES string of the molecule is COc1ccc(C2=C(C)C(=NCCc3ccc(Cl)cc3)NS2(=O)=O)cc1. The molecule has 1 aliphatic rings. The molecule has 0 aromatic heterocycles. The van der Waals surface area contributed by atoms with E-state index >= 15 is 0 Å². The number of aliphatic imine (C=N–C) groups is 1. The molecule has 1 N–H and O–H groups in total. The lowest BCUT2D eigenvalue weighted by Gasteiger charge is -2.04. The number of nitrogens with one attached hydrogen (secondary N) is 1. The van der Waals surface area contributed by atoms with E-state index in [0.29, 0.717) is 40.7 Å². The van der Waals surface area contributed by atoms with E-state index < -0.39 is 10.0 Å². The van der Waals surface area contributed by atoms with Crippen LogP contribution in [0.15, 0.2) is 59.1 Å². The van der Waals surface area contributed by atoms with Gasteiger partial charge < -0.3 is 4.74 Å². The van der Waals surface area contributed by atoms with E-state index in [0.717, 1.165) is 5.56 Å². The minimum atomic E-state index is -3.62. The van der Waals surface area contributed by atoms with Crippen LogP contribution >= 0.6 is 11.6 Å². The minimum Gasteiger partial charge on any atom is -0.497 e. The first kappa shape index (κ1) is 18.5. The van der Waals surface area contributed by atoms with Crippen molar-refractivity contribution in [1.82, 2.24) is 4.72 Å². The van der Waals surface area contributed by atoms with E-state index in [1.807, 2.05) is 24.3 Å². The van der Waals surface area contributed by atoms with Crippen LogP contribution in [0.5, 0.6) is 5.75 Å². The molecule has 136 valence electrons. The number of rotatable bonds is 5. The van der Waals surface area contributed by atoms with Crippen molar-refractivity contribution in [2.75, 3.05) is 13.7 Å². The van der Waals surface area contributed by atoms with Crippen LogP contribution in [0.25, 0.3) is 4.91 Å². The van der Waals surface area contributed by atoms with Gasteiger partial charge in [0.2, 0.25) is 0 Å². The van der Waals surface area contributed by atoms with Crippen LogP contribution in [0.1, 0.15) is 18.1 Å². The molecule has 0 bridgehead atoms. The third-order valence-corrected chi connectivity index (χ3v) is 5.92. The molecule has 0 fully saturated rings. The Balaban J connectivity index is 1.82. The Morgan fingerprint density at radius 3 is 2.35 bits per heavy atom. The van der Waals surface area contributed by atoms with Gasteiger partial charge in [-0.3, -0.25) is 9.71 Å². The zero-order valence-electron chi connectivity index (χ0n) is 14.5. The van der Waals surface area contributed by atoms with Gasteiger partial charge >= 0.3 is 0 Å². The topological polar surface area (TPSA) is 67.8 Å². The van der Waals surface area contributed by atoms with Gasteiger partial charge in [0.25, 0.3) is 10.0 Å². The Kier molecular flexibility index (Phi) is 5.34. The highest BCUT2D eigenvalue weighted by Crippen LogP contribution is 2.30. The molecule has 0 unspecified atom stereocenters. The van der Waals surface area contributed by atoms with Gasteiger partial charge in [-0.1, -0.05) is 23.7 Å². The standard InChI is InChI=1S/C19H19ClN2O3S/c1-13-18(15-5-9-17(25-2)10-6-15)26(23,24)22-19(13)21-12-11-14-3-7-16(20)8-4-14/h3-10H,11-12H2,1-2H3,(H,21,22). The van der Waals surface area contributed by atoms with E-state index in [1.54, 1.807) is 38.3 Å². The molecule has 1 heterocycles. The van der Waals surface area contributed by atoms with Crippen molar-refractivity contribution < 1.29 is 13.2 Å². The van der Waals surface area contributed by atoms with Gasteiger partial charge in [0.1, 0.15) is 16.5 Å². The molecule has 0 aliphatic carbocycles. The summed E-state index contributed by atoms with van der Waals surface area (Å²) in [4.78, 5) is 4.69. The van der Waals surface area contributed by atoms with Gasteiger partial charge in [0.15, 0.2) is 0 Å². The van der Waals surface area contributed by atoms with Crippen LogP contribution < -0.4 is 9.46 Å². The second-order valence-electron chi connectivity index (χ2n) is 5.89. The zero-order chi connectivity index (χ0) is 18.7. The van der Waals surface area contributed by atoms with Crippen LogP contribution in [-0.2, 0) is 16.4 Å². The molecule has 3 rings (SSSR count). The maximum atomic E-state index is 12.5. The fraction of sp³-hybridized carbons (Fsp3) is 0.211. The number of benzene rings is 2. The summed E-state index contributed by atoms with van der Waals surface area (Å²) in [7, 11) is -2.05. The Labute approximate surface area is 158 Å². The van der Waals surface area contributed by atoms with E-state index in [-0.39, 0.29) is 4.91 Å². The van der Waals surface area contributed by atoms with E-state index in [2.05, 4.69) is 9.71 Å². The number of hydrogen-bond donors (Lipinski definition) is 1. The molecule has 0 spiro atoms. The molecule has 0 amide bonds. The number of hydrogen-bond acceptors (Lipinski definition) is 4. The van der Waals surface area contributed by atoms with Crippen molar-refractivity contribution in [2.24, 2.45) is 4.99 Å². The smallest absolute Gasteiger partial charge is 0.264 e. The van der Waals surface area contributed by atoms with Crippen LogP contribution in [0, 0.1) is 0 Å². The zero-order valence-corrected chi connectivity index (χ0v) is 16.1. The third-order valence-electron chi connectivity index (χ3n) is 4.13. The number of sulfonamides is 1. The highest BCUT2D eigenvalue weighted by atomic mass is 35.5. The summed E-state index contributed by atoms with van der Waals surface area (Å²) in [6.45, 7) is 2.24. The summed E-state index contributed by atoms with van der Waals surface area (Å²) in [5.41, 5.74) is 2.32. The molecular weight excluding hydrogens is 372 g/mol. The molecule has 1 aliphatic heterocycles. The van der Waals surface area contributed by atoms with Crippen LogP contribution in [0.2, 0.25) is 5.02 Å². The van der Waals surface area contributed by atoms with Crippen molar-refractivity contribution in [2.45, 2.75) is 13.3 Å². The van der Waals surface area contributed by atoms with Crippen LogP contribution in [-0.4, -0.2) is 27.9 Å². The highest BCUT2D eigenvalue weighted by molar-refractivity contribution is 8.00. The normalized spacial score (nSPS) is 17.4. The molecule has 2 aromatic rings. The fourth-order valence-electron chi connectivity index (χ4n) is 2.78. The first-order chi connectivity index (χ1) is 12.4. The number of amidine groups is 1. The molecule has 2 aromatic carbocycles. The molecule has 7 heteroatoms. The Morgan fingerprint density at radius 1 is 1.08 bits per heavy atom. The highest BCUT2D eigenvalue weighted by Gasteiger charge is 2.32. The molecule has 5 nitrogen and oxygen atoms in total. The second-order valence-corrected chi connectivity index (χ2v) is 7.95. The van der Waals surface area contributed by atoms with Crippen molar-refractivity contribution in [1.29, 1.82) is 0 Å². The molecule has 0 saturated heterocycles. The summed E-state index contributed by atoms with van der Waals surface area (Å²) in [6, 6.07) is 14.5. The Bertz CT molecular complexity index is 963. The molecule has 0 saturated carbocycles. The number of nitrogens with zero attached hydrogens (tertiary/aromatic N) is 1. The van der Waals surface area contributed by atoms with Gasteiger partial charge in [-0.05, 0) is 60.9 Å². The van der Waals surface area contributed by atoms with Crippen LogP contribution in [0.4, 0.5) is 0 Å². The van der Waals surface area contributed by atoms with Gasteiger partial charge in [-0.2, -0.15) is 0 Å². The summed E-state index contributed by atoms with van der Waals surface area (Å²) in [6.07, 6.45) is 0.702. The summed E-state index contributed by atoms with van der Waals surface area (Å²) in [5, 5.41) is 0.687. The van der Waals surface area contributed by atoms with Gasteiger partial charge in [-0.25, -0.2) is 8.42 Å². The van der Waals surface area contributed by atoms with E-state index in [9.17, 15) is 8.42 Å². The predicted octanol–water partition coefficient (Wildman–Crippen LogP) is 3.65. The fourth-order valence-corrected chi connectivity index (χ4v) is 4.42. The van der Waals surface area contributed by atoms with Crippen molar-refractivity contribution in [3.63, 3.8) is 0 Å². The van der Waals surface area contributed by atoms with Crippen molar-refractivity contribution in [3.8, 4) is 5.75 Å². The van der Waals surface area contributed by atoms with Crippen LogP contribution in [0.3, 0.4) is 0 Å². The predicted molar refractivity (Wildman–Crippen MR) is 105 cm³/mol. The number of halogens is 1. The third kappa shape index (κ3) is 3.92. The minimum absolute atomic E-state index is 0.255. The quantitative estimate of drug-likeness (QED) is 0.847. The largest absolute Gasteiger partial charge is 0.497 e. The van der Waals surface area contributed by atoms with Gasteiger partial charge in [-0.15, -0.1) is 0 Å². The first-order valence-electron chi connectivity index (χ1n) is 8.08. The first-order valence-corrected chi connectivity index (χ1v) is 9.94. The molecule has 0 radical (unpaired) electrons. The van der Waals surface area contributed by atoms with E-state index in [1.165, 1.54) is 0 Å².